The minimum absolute atomic E-state index is 0.0666. The third-order valence-electron chi connectivity index (χ3n) is 5.56. The zero-order valence-electron chi connectivity index (χ0n) is 19.3. The van der Waals surface area contributed by atoms with Crippen molar-refractivity contribution >= 4 is 39.3 Å². The molecule has 1 heterocycles. The van der Waals surface area contributed by atoms with Gasteiger partial charge in [-0.25, -0.2) is 12.7 Å². The number of fused-ring (bicyclic) bond motifs is 1. The fourth-order valence-electron chi connectivity index (χ4n) is 3.90. The smallest absolute Gasteiger partial charge is 0.269 e. The molecule has 0 bridgehead atoms. The minimum atomic E-state index is -4.03. The van der Waals surface area contributed by atoms with Gasteiger partial charge in [-0.1, -0.05) is 48.9 Å². The number of halogens is 1. The maximum Gasteiger partial charge on any atom is 0.269 e. The molecule has 0 saturated heterocycles. The summed E-state index contributed by atoms with van der Waals surface area (Å²) >= 11 is 6.30. The molecule has 0 aliphatic carbocycles. The SMILES string of the molecule is CCC(C(=O)NC(C)C)N(Cc1ccccc1Cl)C(=O)CCN1C(=O)c2ccccc2S1(=O)=O. The highest BCUT2D eigenvalue weighted by Crippen LogP contribution is 2.30. The molecule has 8 nitrogen and oxygen atoms in total. The summed E-state index contributed by atoms with van der Waals surface area (Å²) in [4.78, 5) is 40.3. The number of nitrogens with one attached hydrogen (secondary N) is 1. The van der Waals surface area contributed by atoms with Gasteiger partial charge in [-0.2, -0.15) is 0 Å². The molecule has 3 rings (SSSR count). The number of amides is 3. The molecule has 2 aromatic rings. The largest absolute Gasteiger partial charge is 0.352 e. The third-order valence-corrected chi connectivity index (χ3v) is 7.77. The first-order valence-electron chi connectivity index (χ1n) is 11.1. The normalized spacial score (nSPS) is 15.2. The number of hydrogen-bond donors (Lipinski definition) is 1. The highest BCUT2D eigenvalue weighted by atomic mass is 35.5. The summed E-state index contributed by atoms with van der Waals surface area (Å²) in [5.41, 5.74) is 0.746. The van der Waals surface area contributed by atoms with Crippen molar-refractivity contribution in [3.05, 3.63) is 64.7 Å². The van der Waals surface area contributed by atoms with Gasteiger partial charge in [-0.15, -0.1) is 0 Å². The average molecular weight is 506 g/mol. The maximum absolute atomic E-state index is 13.4. The van der Waals surface area contributed by atoms with Gasteiger partial charge in [-0.05, 0) is 44.0 Å². The standard InChI is InChI=1S/C24H28ClN3O5S/c1-4-20(23(30)26-16(2)3)27(15-17-9-5-7-11-19(17)25)22(29)13-14-28-24(31)18-10-6-8-12-21(18)34(28,32)33/h5-12,16,20H,4,13-15H2,1-3H3,(H,26,30). The lowest BCUT2D eigenvalue weighted by molar-refractivity contribution is -0.141. The van der Waals surface area contributed by atoms with Gasteiger partial charge in [-0.3, -0.25) is 14.4 Å². The van der Waals surface area contributed by atoms with E-state index in [9.17, 15) is 22.8 Å². The van der Waals surface area contributed by atoms with Crippen molar-refractivity contribution < 1.29 is 22.8 Å². The molecule has 2 aromatic carbocycles. The summed E-state index contributed by atoms with van der Waals surface area (Å²) in [5, 5.41) is 3.28. The zero-order chi connectivity index (χ0) is 25.0. The molecule has 1 atom stereocenters. The van der Waals surface area contributed by atoms with Gasteiger partial charge < -0.3 is 10.2 Å². The van der Waals surface area contributed by atoms with Crippen LogP contribution in [0.2, 0.25) is 5.02 Å². The Labute approximate surface area is 204 Å². The lowest BCUT2D eigenvalue weighted by atomic mass is 10.1. The third kappa shape index (κ3) is 5.26. The number of nitrogens with zero attached hydrogens (tertiary/aromatic N) is 2. The predicted octanol–water partition coefficient (Wildman–Crippen LogP) is 3.21. The van der Waals surface area contributed by atoms with Crippen LogP contribution < -0.4 is 5.32 Å². The fourth-order valence-corrected chi connectivity index (χ4v) is 5.67. The molecule has 0 fully saturated rings. The average Bonchev–Trinajstić information content (AvgIpc) is 2.98. The van der Waals surface area contributed by atoms with Crippen molar-refractivity contribution in [3.63, 3.8) is 0 Å². The Hall–Kier alpha value is -2.91. The number of benzene rings is 2. The summed E-state index contributed by atoms with van der Waals surface area (Å²) in [6, 6.07) is 12.1. The Morgan fingerprint density at radius 2 is 1.74 bits per heavy atom. The van der Waals surface area contributed by atoms with Crippen LogP contribution in [0.5, 0.6) is 0 Å². The molecule has 0 saturated carbocycles. The minimum Gasteiger partial charge on any atom is -0.352 e. The Kier molecular flexibility index (Phi) is 7.99. The molecule has 1 unspecified atom stereocenters. The number of rotatable bonds is 9. The second-order valence-corrected chi connectivity index (χ2v) is 10.6. The summed E-state index contributed by atoms with van der Waals surface area (Å²) in [5.74, 6) is -1.43. The van der Waals surface area contributed by atoms with Crippen LogP contribution in [-0.2, 0) is 26.2 Å². The summed E-state index contributed by atoms with van der Waals surface area (Å²) in [6.45, 7) is 5.20. The van der Waals surface area contributed by atoms with E-state index >= 15 is 0 Å². The van der Waals surface area contributed by atoms with Crippen molar-refractivity contribution in [2.45, 2.75) is 57.1 Å². The van der Waals surface area contributed by atoms with E-state index in [2.05, 4.69) is 5.32 Å². The van der Waals surface area contributed by atoms with Gasteiger partial charge in [0.15, 0.2) is 0 Å². The van der Waals surface area contributed by atoms with Gasteiger partial charge in [0.1, 0.15) is 10.9 Å². The number of sulfonamides is 1. The maximum atomic E-state index is 13.4. The predicted molar refractivity (Wildman–Crippen MR) is 129 cm³/mol. The Bertz CT molecular complexity index is 1200. The van der Waals surface area contributed by atoms with E-state index in [-0.39, 0.29) is 41.9 Å². The van der Waals surface area contributed by atoms with Gasteiger partial charge >= 0.3 is 0 Å². The van der Waals surface area contributed by atoms with E-state index in [0.717, 1.165) is 4.31 Å². The van der Waals surface area contributed by atoms with E-state index in [1.54, 1.807) is 43.3 Å². The first-order chi connectivity index (χ1) is 16.1. The molecule has 1 aliphatic heterocycles. The topological polar surface area (TPSA) is 104 Å². The van der Waals surface area contributed by atoms with E-state index in [1.807, 2.05) is 13.8 Å². The van der Waals surface area contributed by atoms with Crippen LogP contribution in [0.4, 0.5) is 0 Å². The Balaban J connectivity index is 1.84. The molecule has 3 amide bonds. The van der Waals surface area contributed by atoms with Crippen molar-refractivity contribution in [2.75, 3.05) is 6.54 Å². The van der Waals surface area contributed by atoms with E-state index in [4.69, 9.17) is 11.6 Å². The molecular formula is C24H28ClN3O5S. The van der Waals surface area contributed by atoms with Gasteiger partial charge in [0.25, 0.3) is 15.9 Å². The molecule has 10 heteroatoms. The molecule has 1 N–H and O–H groups in total. The second kappa shape index (κ2) is 10.6. The number of carbonyl (C=O) groups excluding carboxylic acids is 3. The first kappa shape index (κ1) is 25.7. The summed E-state index contributed by atoms with van der Waals surface area (Å²) in [6.07, 6.45) is 0.0794. The van der Waals surface area contributed by atoms with Crippen LogP contribution >= 0.6 is 11.6 Å². The molecule has 0 aromatic heterocycles. The Morgan fingerprint density at radius 3 is 2.35 bits per heavy atom. The van der Waals surface area contributed by atoms with E-state index in [0.29, 0.717) is 17.0 Å². The second-order valence-electron chi connectivity index (χ2n) is 8.33. The van der Waals surface area contributed by atoms with Gasteiger partial charge in [0.2, 0.25) is 11.8 Å². The zero-order valence-corrected chi connectivity index (χ0v) is 20.9. The lowest BCUT2D eigenvalue weighted by Gasteiger charge is -2.32. The van der Waals surface area contributed by atoms with Crippen LogP contribution in [-0.4, -0.2) is 54.0 Å². The van der Waals surface area contributed by atoms with Crippen molar-refractivity contribution in [1.82, 2.24) is 14.5 Å². The molecule has 0 spiro atoms. The lowest BCUT2D eigenvalue weighted by Crippen LogP contribution is -2.51. The van der Waals surface area contributed by atoms with E-state index < -0.39 is 27.9 Å². The highest BCUT2D eigenvalue weighted by Gasteiger charge is 2.41. The molecule has 1 aliphatic rings. The number of hydrogen-bond acceptors (Lipinski definition) is 5. The van der Waals surface area contributed by atoms with Crippen LogP contribution in [0, 0.1) is 0 Å². The molecular weight excluding hydrogens is 478 g/mol. The monoisotopic (exact) mass is 505 g/mol. The Morgan fingerprint density at radius 1 is 1.09 bits per heavy atom. The summed E-state index contributed by atoms with van der Waals surface area (Å²) < 4.78 is 26.4. The molecule has 182 valence electrons. The van der Waals surface area contributed by atoms with Gasteiger partial charge in [0.05, 0.1) is 5.56 Å². The van der Waals surface area contributed by atoms with Crippen molar-refractivity contribution in [1.29, 1.82) is 0 Å². The fraction of sp³-hybridized carbons (Fsp3) is 0.375. The summed E-state index contributed by atoms with van der Waals surface area (Å²) in [7, 11) is -4.03. The molecule has 34 heavy (non-hydrogen) atoms. The number of carbonyl (C=O) groups is 3. The van der Waals surface area contributed by atoms with Crippen molar-refractivity contribution in [3.8, 4) is 0 Å². The van der Waals surface area contributed by atoms with Crippen molar-refractivity contribution in [2.24, 2.45) is 0 Å². The van der Waals surface area contributed by atoms with Gasteiger partial charge in [0, 0.05) is 30.6 Å². The first-order valence-corrected chi connectivity index (χ1v) is 12.9. The highest BCUT2D eigenvalue weighted by molar-refractivity contribution is 7.90. The van der Waals surface area contributed by atoms with Crippen LogP contribution in [0.3, 0.4) is 0 Å². The van der Waals surface area contributed by atoms with E-state index in [1.165, 1.54) is 17.0 Å². The van der Waals surface area contributed by atoms with Crippen LogP contribution in [0.15, 0.2) is 53.4 Å². The van der Waals surface area contributed by atoms with Crippen LogP contribution in [0.25, 0.3) is 0 Å². The van der Waals surface area contributed by atoms with Crippen LogP contribution in [0.1, 0.15) is 49.5 Å². The molecule has 0 radical (unpaired) electrons. The quantitative estimate of drug-likeness (QED) is 0.563.